The van der Waals surface area contributed by atoms with Crippen LogP contribution in [0.4, 0.5) is 5.69 Å². The molecular formula is C14H20N2O2. The van der Waals surface area contributed by atoms with Crippen molar-refractivity contribution in [1.29, 1.82) is 0 Å². The van der Waals surface area contributed by atoms with Gasteiger partial charge in [0.1, 0.15) is 0 Å². The Morgan fingerprint density at radius 3 is 2.78 bits per heavy atom. The summed E-state index contributed by atoms with van der Waals surface area (Å²) in [6.45, 7) is 2.15. The molecular weight excluding hydrogens is 228 g/mol. The number of nitrogen functional groups attached to an aromatic ring is 1. The van der Waals surface area contributed by atoms with Crippen molar-refractivity contribution in [2.75, 3.05) is 12.3 Å². The van der Waals surface area contributed by atoms with E-state index in [1.54, 1.807) is 18.2 Å². The number of aliphatic hydroxyl groups is 1. The van der Waals surface area contributed by atoms with E-state index >= 15 is 0 Å². The van der Waals surface area contributed by atoms with Gasteiger partial charge < -0.3 is 16.2 Å². The van der Waals surface area contributed by atoms with E-state index in [0.717, 1.165) is 31.2 Å². The van der Waals surface area contributed by atoms with Gasteiger partial charge in [0.2, 0.25) is 0 Å². The summed E-state index contributed by atoms with van der Waals surface area (Å²) in [4.78, 5) is 12.0. The van der Waals surface area contributed by atoms with Gasteiger partial charge in [-0.3, -0.25) is 4.79 Å². The second kappa shape index (κ2) is 4.98. The monoisotopic (exact) mass is 248 g/mol. The standard InChI is InChI=1S/C14H20N2O2/c1-10-11(5-4-6-12(10)15)13(17)16-9-14(18)7-2-3-8-14/h4-6,18H,2-3,7-9,15H2,1H3,(H,16,17). The first kappa shape index (κ1) is 12.9. The summed E-state index contributed by atoms with van der Waals surface area (Å²) in [5.74, 6) is -0.167. The van der Waals surface area contributed by atoms with E-state index in [9.17, 15) is 9.90 Å². The van der Waals surface area contributed by atoms with Gasteiger partial charge in [-0.1, -0.05) is 18.9 Å². The molecule has 1 aromatic rings. The fraction of sp³-hybridized carbons (Fsp3) is 0.500. The molecule has 0 unspecified atom stereocenters. The molecule has 1 fully saturated rings. The third-order valence-corrected chi connectivity index (χ3v) is 3.73. The molecule has 0 atom stereocenters. The van der Waals surface area contributed by atoms with Crippen molar-refractivity contribution in [3.05, 3.63) is 29.3 Å². The smallest absolute Gasteiger partial charge is 0.251 e. The van der Waals surface area contributed by atoms with Gasteiger partial charge in [0.05, 0.1) is 5.60 Å². The minimum absolute atomic E-state index is 0.167. The number of carbonyl (C=O) groups excluding carboxylic acids is 1. The Labute approximate surface area is 107 Å². The van der Waals surface area contributed by atoms with E-state index in [0.29, 0.717) is 17.8 Å². The van der Waals surface area contributed by atoms with Gasteiger partial charge >= 0.3 is 0 Å². The van der Waals surface area contributed by atoms with Crippen LogP contribution in [0.2, 0.25) is 0 Å². The highest BCUT2D eigenvalue weighted by Crippen LogP contribution is 2.28. The molecule has 1 aliphatic carbocycles. The van der Waals surface area contributed by atoms with Crippen molar-refractivity contribution in [3.8, 4) is 0 Å². The number of carbonyl (C=O) groups is 1. The van der Waals surface area contributed by atoms with Crippen LogP contribution in [0, 0.1) is 6.92 Å². The highest BCUT2D eigenvalue weighted by Gasteiger charge is 2.31. The molecule has 1 aromatic carbocycles. The minimum atomic E-state index is -0.718. The third-order valence-electron chi connectivity index (χ3n) is 3.73. The van der Waals surface area contributed by atoms with Gasteiger partial charge in [0, 0.05) is 17.8 Å². The predicted octanol–water partition coefficient (Wildman–Crippen LogP) is 1.61. The molecule has 0 aromatic heterocycles. The zero-order valence-electron chi connectivity index (χ0n) is 10.7. The Hall–Kier alpha value is -1.55. The number of amides is 1. The average Bonchev–Trinajstić information content (AvgIpc) is 2.77. The Morgan fingerprint density at radius 2 is 2.11 bits per heavy atom. The second-order valence-corrected chi connectivity index (χ2v) is 5.13. The molecule has 1 saturated carbocycles. The molecule has 4 nitrogen and oxygen atoms in total. The lowest BCUT2D eigenvalue weighted by molar-refractivity contribution is 0.0449. The van der Waals surface area contributed by atoms with E-state index in [1.807, 2.05) is 6.92 Å². The van der Waals surface area contributed by atoms with Gasteiger partial charge in [-0.2, -0.15) is 0 Å². The van der Waals surface area contributed by atoms with E-state index in [4.69, 9.17) is 5.73 Å². The Kier molecular flexibility index (Phi) is 3.57. The lowest BCUT2D eigenvalue weighted by atomic mass is 10.0. The van der Waals surface area contributed by atoms with Crippen molar-refractivity contribution >= 4 is 11.6 Å². The first-order valence-electron chi connectivity index (χ1n) is 6.37. The minimum Gasteiger partial charge on any atom is -0.398 e. The lowest BCUT2D eigenvalue weighted by Crippen LogP contribution is -2.41. The second-order valence-electron chi connectivity index (χ2n) is 5.13. The molecule has 1 aliphatic rings. The molecule has 4 N–H and O–H groups in total. The molecule has 4 heteroatoms. The average molecular weight is 248 g/mol. The number of anilines is 1. The number of rotatable bonds is 3. The molecule has 2 rings (SSSR count). The summed E-state index contributed by atoms with van der Waals surface area (Å²) < 4.78 is 0. The predicted molar refractivity (Wildman–Crippen MR) is 71.3 cm³/mol. The van der Waals surface area contributed by atoms with Crippen molar-refractivity contribution < 1.29 is 9.90 Å². The quantitative estimate of drug-likeness (QED) is 0.711. The van der Waals surface area contributed by atoms with Gasteiger partial charge in [-0.25, -0.2) is 0 Å². The molecule has 98 valence electrons. The normalized spacial score (nSPS) is 17.7. The molecule has 1 amide bonds. The summed E-state index contributed by atoms with van der Waals surface area (Å²) in [7, 11) is 0. The Bertz CT molecular complexity index is 451. The number of benzene rings is 1. The topological polar surface area (TPSA) is 75.4 Å². The maximum absolute atomic E-state index is 12.0. The summed E-state index contributed by atoms with van der Waals surface area (Å²) in [6, 6.07) is 5.29. The Morgan fingerprint density at radius 1 is 1.44 bits per heavy atom. The maximum atomic E-state index is 12.0. The summed E-state index contributed by atoms with van der Waals surface area (Å²) >= 11 is 0. The van der Waals surface area contributed by atoms with Gasteiger partial charge in [0.25, 0.3) is 5.91 Å². The first-order chi connectivity index (χ1) is 8.52. The van der Waals surface area contributed by atoms with Crippen LogP contribution in [-0.2, 0) is 0 Å². The molecule has 0 saturated heterocycles. The van der Waals surface area contributed by atoms with Gasteiger partial charge in [-0.05, 0) is 37.5 Å². The van der Waals surface area contributed by atoms with E-state index in [2.05, 4.69) is 5.32 Å². The maximum Gasteiger partial charge on any atom is 0.251 e. The fourth-order valence-electron chi connectivity index (χ4n) is 2.45. The number of hydrogen-bond acceptors (Lipinski definition) is 3. The molecule has 0 heterocycles. The van der Waals surface area contributed by atoms with Crippen LogP contribution in [0.1, 0.15) is 41.6 Å². The van der Waals surface area contributed by atoms with Crippen LogP contribution in [0.15, 0.2) is 18.2 Å². The molecule has 0 radical (unpaired) electrons. The van der Waals surface area contributed by atoms with Crippen LogP contribution >= 0.6 is 0 Å². The third kappa shape index (κ3) is 2.64. The molecule has 0 aliphatic heterocycles. The largest absolute Gasteiger partial charge is 0.398 e. The van der Waals surface area contributed by atoms with E-state index in [1.165, 1.54) is 0 Å². The van der Waals surface area contributed by atoms with Crippen molar-refractivity contribution in [3.63, 3.8) is 0 Å². The van der Waals surface area contributed by atoms with Crippen LogP contribution in [0.3, 0.4) is 0 Å². The molecule has 0 bridgehead atoms. The summed E-state index contributed by atoms with van der Waals surface area (Å²) in [5, 5.41) is 13.0. The van der Waals surface area contributed by atoms with E-state index < -0.39 is 5.60 Å². The number of hydrogen-bond donors (Lipinski definition) is 3. The Balaban J connectivity index is 2.01. The number of nitrogens with one attached hydrogen (secondary N) is 1. The lowest BCUT2D eigenvalue weighted by Gasteiger charge is -2.22. The van der Waals surface area contributed by atoms with Crippen LogP contribution in [0.5, 0.6) is 0 Å². The highest BCUT2D eigenvalue weighted by molar-refractivity contribution is 5.96. The van der Waals surface area contributed by atoms with Crippen molar-refractivity contribution in [2.24, 2.45) is 0 Å². The fourth-order valence-corrected chi connectivity index (χ4v) is 2.45. The van der Waals surface area contributed by atoms with Gasteiger partial charge in [0.15, 0.2) is 0 Å². The number of nitrogens with two attached hydrogens (primary N) is 1. The van der Waals surface area contributed by atoms with Crippen molar-refractivity contribution in [1.82, 2.24) is 5.32 Å². The molecule has 18 heavy (non-hydrogen) atoms. The summed E-state index contributed by atoms with van der Waals surface area (Å²) in [6.07, 6.45) is 3.60. The highest BCUT2D eigenvalue weighted by atomic mass is 16.3. The zero-order valence-corrected chi connectivity index (χ0v) is 10.7. The summed E-state index contributed by atoms with van der Waals surface area (Å²) in [5.41, 5.74) is 7.03. The van der Waals surface area contributed by atoms with Gasteiger partial charge in [-0.15, -0.1) is 0 Å². The zero-order chi connectivity index (χ0) is 13.2. The first-order valence-corrected chi connectivity index (χ1v) is 6.37. The SMILES string of the molecule is Cc1c(N)cccc1C(=O)NCC1(O)CCCC1. The van der Waals surface area contributed by atoms with Crippen LogP contribution in [-0.4, -0.2) is 23.2 Å². The van der Waals surface area contributed by atoms with E-state index in [-0.39, 0.29) is 5.91 Å². The van der Waals surface area contributed by atoms with Crippen molar-refractivity contribution in [2.45, 2.75) is 38.2 Å². The molecule has 0 spiro atoms. The van der Waals surface area contributed by atoms with Crippen LogP contribution < -0.4 is 11.1 Å². The van der Waals surface area contributed by atoms with Crippen LogP contribution in [0.25, 0.3) is 0 Å².